The minimum atomic E-state index is -0.148. The van der Waals surface area contributed by atoms with Crippen LogP contribution in [0.2, 0.25) is 0 Å². The second-order valence-corrected chi connectivity index (χ2v) is 4.96. The largest absolute Gasteiger partial charge is 1.00 e. The van der Waals surface area contributed by atoms with Crippen LogP contribution >= 0.6 is 0 Å². The Bertz CT molecular complexity index is 631. The lowest BCUT2D eigenvalue weighted by atomic mass is 10.2. The number of rotatable bonds is 6. The zero-order valence-corrected chi connectivity index (χ0v) is 14.0. The number of benzene rings is 1. The molecule has 0 radical (unpaired) electrons. The van der Waals surface area contributed by atoms with Crippen LogP contribution in [-0.2, 0) is 18.4 Å². The lowest BCUT2D eigenvalue weighted by molar-refractivity contribution is -0.696. The summed E-state index contributed by atoms with van der Waals surface area (Å²) in [5, 5.41) is 2.72. The first-order valence-electron chi connectivity index (χ1n) is 6.85. The molecular formula is C15H23ClN4O3. The van der Waals surface area contributed by atoms with Gasteiger partial charge in [-0.2, -0.15) is 0 Å². The Morgan fingerprint density at radius 2 is 2.17 bits per heavy atom. The number of hydrogen-bond donors (Lipinski definition) is 2. The van der Waals surface area contributed by atoms with Gasteiger partial charge in [0.1, 0.15) is 18.1 Å². The fourth-order valence-corrected chi connectivity index (χ4v) is 2.02. The number of carbonyl (C=O) groups is 1. The maximum Gasteiger partial charge on any atom is 0.243 e. The zero-order chi connectivity index (χ0) is 15.2. The number of carbonyl (C=O) groups excluding carboxylic acids is 1. The molecule has 0 saturated heterocycles. The first kappa shape index (κ1) is 20.8. The number of hydrogen-bond acceptors (Lipinski definition) is 3. The Balaban J connectivity index is 0.00000242. The third-order valence-electron chi connectivity index (χ3n) is 2.96. The van der Waals surface area contributed by atoms with E-state index in [-0.39, 0.29) is 23.8 Å². The van der Waals surface area contributed by atoms with Crippen LogP contribution in [0, 0.1) is 0 Å². The third-order valence-corrected chi connectivity index (χ3v) is 2.96. The van der Waals surface area contributed by atoms with Crippen LogP contribution in [-0.4, -0.2) is 22.6 Å². The average molecular weight is 343 g/mol. The molecule has 0 aliphatic heterocycles. The maximum absolute atomic E-state index is 11.2. The molecular weight excluding hydrogens is 320 g/mol. The predicted molar refractivity (Wildman–Crippen MR) is 84.5 cm³/mol. The minimum Gasteiger partial charge on any atom is -1.00 e. The Kier molecular flexibility index (Phi) is 8.75. The summed E-state index contributed by atoms with van der Waals surface area (Å²) in [6, 6.07) is 5.23. The van der Waals surface area contributed by atoms with Crippen molar-refractivity contribution >= 4 is 17.3 Å². The van der Waals surface area contributed by atoms with Crippen molar-refractivity contribution in [1.29, 1.82) is 0 Å². The molecule has 1 heterocycles. The van der Waals surface area contributed by atoms with Crippen LogP contribution in [0.4, 0.5) is 11.4 Å². The normalized spacial score (nSPS) is 9.48. The monoisotopic (exact) mass is 342 g/mol. The van der Waals surface area contributed by atoms with Gasteiger partial charge in [-0.3, -0.25) is 4.79 Å². The van der Waals surface area contributed by atoms with Gasteiger partial charge in [0, 0.05) is 19.0 Å². The molecule has 0 atom stereocenters. The number of anilines is 2. The lowest BCUT2D eigenvalue weighted by Gasteiger charge is -2.12. The number of halogens is 1. The van der Waals surface area contributed by atoms with E-state index in [4.69, 9.17) is 10.5 Å². The second kappa shape index (κ2) is 9.70. The maximum atomic E-state index is 11.2. The standard InChI is InChI=1S/C15H20N4O2.ClH.H2O/c1-12(20)17-14-10-13(16)4-5-15(14)21-9-3-6-19-8-7-18(2)11-19;;/h4-5,7-8,10-11H,3,6,9,16H2,1-2H3;1H;1H2. The molecule has 0 aliphatic carbocycles. The summed E-state index contributed by atoms with van der Waals surface area (Å²) in [4.78, 5) is 11.2. The molecule has 2 rings (SSSR count). The molecule has 2 aromatic rings. The molecule has 0 spiro atoms. The Morgan fingerprint density at radius 3 is 2.78 bits per heavy atom. The van der Waals surface area contributed by atoms with E-state index in [9.17, 15) is 4.79 Å². The van der Waals surface area contributed by atoms with Crippen molar-refractivity contribution in [1.82, 2.24) is 4.57 Å². The number of imidazole rings is 1. The highest BCUT2D eigenvalue weighted by atomic mass is 35.5. The highest BCUT2D eigenvalue weighted by molar-refractivity contribution is 5.91. The average Bonchev–Trinajstić information content (AvgIpc) is 2.82. The topological polar surface area (TPSA) is 105 Å². The number of aryl methyl sites for hydroxylation is 2. The van der Waals surface area contributed by atoms with Crippen molar-refractivity contribution in [2.45, 2.75) is 19.9 Å². The van der Waals surface area contributed by atoms with E-state index < -0.39 is 0 Å². The summed E-state index contributed by atoms with van der Waals surface area (Å²) in [6.45, 7) is 2.91. The van der Waals surface area contributed by atoms with Gasteiger partial charge in [-0.1, -0.05) is 0 Å². The van der Waals surface area contributed by atoms with Crippen molar-refractivity contribution in [3.8, 4) is 5.75 Å². The van der Waals surface area contributed by atoms with Gasteiger partial charge >= 0.3 is 0 Å². The third kappa shape index (κ3) is 6.58. The molecule has 0 unspecified atom stereocenters. The number of amides is 1. The van der Waals surface area contributed by atoms with Gasteiger partial charge in [0.05, 0.1) is 25.9 Å². The highest BCUT2D eigenvalue weighted by Gasteiger charge is 2.06. The summed E-state index contributed by atoms with van der Waals surface area (Å²) in [6.07, 6.45) is 6.91. The molecule has 0 aliphatic rings. The van der Waals surface area contributed by atoms with E-state index in [0.29, 0.717) is 23.7 Å². The fourth-order valence-electron chi connectivity index (χ4n) is 2.02. The van der Waals surface area contributed by atoms with Crippen molar-refractivity contribution in [2.24, 2.45) is 7.05 Å². The summed E-state index contributed by atoms with van der Waals surface area (Å²) in [5.74, 6) is 0.489. The van der Waals surface area contributed by atoms with E-state index in [0.717, 1.165) is 13.0 Å². The molecule has 23 heavy (non-hydrogen) atoms. The molecule has 8 heteroatoms. The smallest absolute Gasteiger partial charge is 0.243 e. The van der Waals surface area contributed by atoms with Crippen LogP contribution in [0.15, 0.2) is 36.9 Å². The van der Waals surface area contributed by atoms with E-state index in [1.165, 1.54) is 6.92 Å². The number of nitrogens with one attached hydrogen (secondary N) is 1. The van der Waals surface area contributed by atoms with E-state index >= 15 is 0 Å². The Morgan fingerprint density at radius 1 is 1.43 bits per heavy atom. The molecule has 1 aromatic carbocycles. The lowest BCUT2D eigenvalue weighted by Crippen LogP contribution is -3.00. The van der Waals surface area contributed by atoms with Crippen LogP contribution in [0.5, 0.6) is 5.75 Å². The van der Waals surface area contributed by atoms with Gasteiger partial charge in [0.2, 0.25) is 12.2 Å². The molecule has 1 amide bonds. The van der Waals surface area contributed by atoms with Crippen LogP contribution in [0.25, 0.3) is 0 Å². The number of nitrogen functional groups attached to an aromatic ring is 1. The number of ether oxygens (including phenoxy) is 1. The summed E-state index contributed by atoms with van der Waals surface area (Å²) >= 11 is 0. The number of nitrogens with zero attached hydrogens (tertiary/aromatic N) is 2. The second-order valence-electron chi connectivity index (χ2n) is 4.96. The van der Waals surface area contributed by atoms with Crippen molar-refractivity contribution < 1.29 is 32.0 Å². The molecule has 0 saturated carbocycles. The first-order chi connectivity index (χ1) is 10.0. The molecule has 1 aromatic heterocycles. The van der Waals surface area contributed by atoms with E-state index in [1.54, 1.807) is 18.2 Å². The minimum absolute atomic E-state index is 0. The van der Waals surface area contributed by atoms with Gasteiger partial charge in [-0.25, -0.2) is 9.13 Å². The first-order valence-corrected chi connectivity index (χ1v) is 6.85. The summed E-state index contributed by atoms with van der Waals surface area (Å²) in [7, 11) is 1.99. The van der Waals surface area contributed by atoms with Crippen LogP contribution < -0.4 is 32.8 Å². The zero-order valence-electron chi connectivity index (χ0n) is 13.3. The molecule has 0 bridgehead atoms. The van der Waals surface area contributed by atoms with E-state index in [1.807, 2.05) is 30.3 Å². The summed E-state index contributed by atoms with van der Waals surface area (Å²) < 4.78 is 9.83. The van der Waals surface area contributed by atoms with Gasteiger partial charge in [0.15, 0.2) is 0 Å². The molecule has 0 fully saturated rings. The SMILES string of the molecule is CC(=O)Nc1cc(N)ccc1OCCC[n+]1ccn(C)c1.O.[Cl-]. The van der Waals surface area contributed by atoms with Crippen molar-refractivity contribution in [3.63, 3.8) is 0 Å². The van der Waals surface area contributed by atoms with Crippen LogP contribution in [0.1, 0.15) is 13.3 Å². The number of nitrogens with two attached hydrogens (primary N) is 1. The fraction of sp³-hybridized carbons (Fsp3) is 0.333. The van der Waals surface area contributed by atoms with Gasteiger partial charge < -0.3 is 33.7 Å². The summed E-state index contributed by atoms with van der Waals surface area (Å²) in [5.41, 5.74) is 6.92. The molecule has 128 valence electrons. The highest BCUT2D eigenvalue weighted by Crippen LogP contribution is 2.26. The van der Waals surface area contributed by atoms with Crippen LogP contribution in [0.3, 0.4) is 0 Å². The van der Waals surface area contributed by atoms with Gasteiger partial charge in [-0.15, -0.1) is 0 Å². The van der Waals surface area contributed by atoms with Crippen molar-refractivity contribution in [3.05, 3.63) is 36.9 Å². The van der Waals surface area contributed by atoms with Gasteiger partial charge in [-0.05, 0) is 18.2 Å². The Hall–Kier alpha value is -2.25. The Labute approximate surface area is 141 Å². The van der Waals surface area contributed by atoms with Gasteiger partial charge in [0.25, 0.3) is 0 Å². The predicted octanol–water partition coefficient (Wildman–Crippen LogP) is -2.50. The van der Waals surface area contributed by atoms with Crippen molar-refractivity contribution in [2.75, 3.05) is 17.7 Å². The molecule has 5 N–H and O–H groups in total. The quantitative estimate of drug-likeness (QED) is 0.344. The number of aromatic nitrogens is 2. The van der Waals surface area contributed by atoms with E-state index in [2.05, 4.69) is 9.88 Å². The molecule has 7 nitrogen and oxygen atoms in total.